The van der Waals surface area contributed by atoms with Crippen LogP contribution in [0, 0.1) is 12.7 Å². The molecule has 1 N–H and O–H groups in total. The maximum absolute atomic E-state index is 15.2. The molecule has 0 spiro atoms. The Morgan fingerprint density at radius 3 is 2.36 bits per heavy atom. The summed E-state index contributed by atoms with van der Waals surface area (Å²) in [5.74, 6) is -0.719. The van der Waals surface area contributed by atoms with Crippen molar-refractivity contribution in [3.63, 3.8) is 0 Å². The molecular weight excluding hydrogens is 433 g/mol. The number of hydrogen-bond donors (Lipinski definition) is 1. The number of ether oxygens (including phenoxy) is 1. The van der Waals surface area contributed by atoms with Gasteiger partial charge in [0.05, 0.1) is 11.9 Å². The number of anilines is 1. The fraction of sp³-hybridized carbons (Fsp3) is 0.333. The first kappa shape index (κ1) is 21.5. The molecular formula is C24H23F3N4O2. The van der Waals surface area contributed by atoms with Crippen molar-refractivity contribution in [1.29, 1.82) is 0 Å². The predicted molar refractivity (Wildman–Crippen MR) is 118 cm³/mol. The Balaban J connectivity index is 1.60. The van der Waals surface area contributed by atoms with Gasteiger partial charge in [-0.05, 0) is 41.8 Å². The van der Waals surface area contributed by atoms with Crippen LogP contribution in [0.15, 0.2) is 53.5 Å². The third-order valence-electron chi connectivity index (χ3n) is 6.06. The van der Waals surface area contributed by atoms with Gasteiger partial charge in [0.1, 0.15) is 11.5 Å². The zero-order valence-electron chi connectivity index (χ0n) is 18.0. The highest BCUT2D eigenvalue weighted by molar-refractivity contribution is 5.57. The lowest BCUT2D eigenvalue weighted by atomic mass is 10.1. The van der Waals surface area contributed by atoms with Crippen LogP contribution in [0.5, 0.6) is 5.75 Å². The minimum absolute atomic E-state index is 0.197. The second-order valence-corrected chi connectivity index (χ2v) is 8.31. The Morgan fingerprint density at radius 2 is 1.73 bits per heavy atom. The van der Waals surface area contributed by atoms with Crippen molar-refractivity contribution < 1.29 is 17.9 Å². The molecule has 0 radical (unpaired) electrons. The summed E-state index contributed by atoms with van der Waals surface area (Å²) in [5.41, 5.74) is 0.902. The van der Waals surface area contributed by atoms with E-state index in [1.54, 1.807) is 25.1 Å². The first-order valence-electron chi connectivity index (χ1n) is 10.8. The van der Waals surface area contributed by atoms with Gasteiger partial charge >= 0.3 is 5.56 Å². The molecule has 1 saturated heterocycles. The molecule has 2 unspecified atom stereocenters. The molecule has 0 amide bonds. The van der Waals surface area contributed by atoms with E-state index in [2.05, 4.69) is 10.4 Å². The largest absolute Gasteiger partial charge is 0.476 e. The summed E-state index contributed by atoms with van der Waals surface area (Å²) in [5, 5.41) is 7.45. The van der Waals surface area contributed by atoms with Gasteiger partial charge in [-0.15, -0.1) is 0 Å². The van der Waals surface area contributed by atoms with Crippen LogP contribution in [0.1, 0.15) is 29.0 Å². The molecule has 172 valence electrons. The van der Waals surface area contributed by atoms with Crippen LogP contribution in [0.4, 0.5) is 18.9 Å². The molecule has 1 aliphatic heterocycles. The molecule has 0 bridgehead atoms. The predicted octanol–water partition coefficient (Wildman–Crippen LogP) is 3.57. The van der Waals surface area contributed by atoms with Crippen LogP contribution < -0.4 is 20.5 Å². The smallest absolute Gasteiger partial charge is 0.316 e. The number of aromatic nitrogens is 2. The summed E-state index contributed by atoms with van der Waals surface area (Å²) in [7, 11) is 0. The van der Waals surface area contributed by atoms with Gasteiger partial charge in [0.15, 0.2) is 18.4 Å². The Labute approximate surface area is 188 Å². The zero-order chi connectivity index (χ0) is 23.1. The monoisotopic (exact) mass is 456 g/mol. The van der Waals surface area contributed by atoms with E-state index in [-0.39, 0.29) is 22.6 Å². The van der Waals surface area contributed by atoms with E-state index >= 15 is 8.78 Å². The van der Waals surface area contributed by atoms with E-state index < -0.39 is 29.8 Å². The standard InChI is InChI=1S/C24H23F3N4O2/c1-14-10-15(25)12-16(11-14)31-24(32)22(19(13-29-31)30-8-6-28-7-9-30)33-23-20(26)17-4-2-3-5-18(17)21(23)27/h2-5,10-13,20-21,23,28H,6-9H2,1H3. The van der Waals surface area contributed by atoms with Crippen molar-refractivity contribution in [2.45, 2.75) is 25.4 Å². The van der Waals surface area contributed by atoms with Crippen LogP contribution >= 0.6 is 0 Å². The highest BCUT2D eigenvalue weighted by Crippen LogP contribution is 2.45. The number of rotatable bonds is 4. The molecule has 2 aromatic carbocycles. The molecule has 9 heteroatoms. The number of fused-ring (bicyclic) bond motifs is 1. The van der Waals surface area contributed by atoms with E-state index in [1.165, 1.54) is 30.5 Å². The summed E-state index contributed by atoms with van der Waals surface area (Å²) in [6, 6.07) is 10.4. The average Bonchev–Trinajstić information content (AvgIpc) is 3.05. The van der Waals surface area contributed by atoms with E-state index in [0.717, 1.165) is 4.68 Å². The Kier molecular flexibility index (Phi) is 5.57. The van der Waals surface area contributed by atoms with Gasteiger partial charge in [-0.3, -0.25) is 4.79 Å². The van der Waals surface area contributed by atoms with Gasteiger partial charge < -0.3 is 15.0 Å². The van der Waals surface area contributed by atoms with Crippen molar-refractivity contribution in [2.24, 2.45) is 0 Å². The van der Waals surface area contributed by atoms with E-state index in [1.807, 2.05) is 4.90 Å². The molecule has 2 aliphatic rings. The highest BCUT2D eigenvalue weighted by atomic mass is 19.1. The summed E-state index contributed by atoms with van der Waals surface area (Å²) < 4.78 is 51.2. The Morgan fingerprint density at radius 1 is 1.06 bits per heavy atom. The third kappa shape index (κ3) is 3.86. The number of nitrogens with one attached hydrogen (secondary N) is 1. The van der Waals surface area contributed by atoms with Gasteiger partial charge in [0.2, 0.25) is 5.75 Å². The molecule has 0 saturated carbocycles. The number of nitrogens with zero attached hydrogens (tertiary/aromatic N) is 3. The van der Waals surface area contributed by atoms with Crippen molar-refractivity contribution in [2.75, 3.05) is 31.1 Å². The normalized spacial score (nSPS) is 22.3. The quantitative estimate of drug-likeness (QED) is 0.651. The van der Waals surface area contributed by atoms with Gasteiger partial charge in [-0.25, -0.2) is 13.2 Å². The van der Waals surface area contributed by atoms with Crippen LogP contribution in [0.2, 0.25) is 0 Å². The SMILES string of the molecule is Cc1cc(F)cc(-n2ncc(N3CCNCC3)c(OC3C(F)c4ccccc4C3F)c2=O)c1. The zero-order valence-corrected chi connectivity index (χ0v) is 18.0. The second-order valence-electron chi connectivity index (χ2n) is 8.31. The minimum Gasteiger partial charge on any atom is -0.476 e. The Hall–Kier alpha value is -3.33. The molecule has 1 aromatic heterocycles. The van der Waals surface area contributed by atoms with Gasteiger partial charge in [-0.2, -0.15) is 9.78 Å². The summed E-state index contributed by atoms with van der Waals surface area (Å²) in [6.07, 6.45) is -3.54. The van der Waals surface area contributed by atoms with Gasteiger partial charge in [0, 0.05) is 26.2 Å². The fourth-order valence-corrected chi connectivity index (χ4v) is 4.47. The molecule has 5 rings (SSSR count). The van der Waals surface area contributed by atoms with Crippen molar-refractivity contribution in [3.8, 4) is 11.4 Å². The number of benzene rings is 2. The second kappa shape index (κ2) is 8.55. The minimum atomic E-state index is -1.73. The third-order valence-corrected chi connectivity index (χ3v) is 6.06. The first-order chi connectivity index (χ1) is 15.9. The lowest BCUT2D eigenvalue weighted by molar-refractivity contribution is 0.0479. The van der Waals surface area contributed by atoms with Crippen LogP contribution in [0.3, 0.4) is 0 Å². The van der Waals surface area contributed by atoms with Crippen molar-refractivity contribution in [3.05, 3.63) is 81.5 Å². The van der Waals surface area contributed by atoms with E-state index in [9.17, 15) is 9.18 Å². The molecule has 6 nitrogen and oxygen atoms in total. The summed E-state index contributed by atoms with van der Waals surface area (Å²) >= 11 is 0. The molecule has 2 atom stereocenters. The first-order valence-corrected chi connectivity index (χ1v) is 10.8. The van der Waals surface area contributed by atoms with Crippen LogP contribution in [0.25, 0.3) is 5.69 Å². The van der Waals surface area contributed by atoms with Crippen molar-refractivity contribution >= 4 is 5.69 Å². The molecule has 1 fully saturated rings. The fourth-order valence-electron chi connectivity index (χ4n) is 4.47. The van der Waals surface area contributed by atoms with E-state index in [4.69, 9.17) is 4.74 Å². The van der Waals surface area contributed by atoms with Gasteiger partial charge in [-0.1, -0.05) is 24.3 Å². The summed E-state index contributed by atoms with van der Waals surface area (Å²) in [6.45, 7) is 4.20. The highest BCUT2D eigenvalue weighted by Gasteiger charge is 2.44. The average molecular weight is 456 g/mol. The maximum atomic E-state index is 15.2. The number of piperazine rings is 1. The van der Waals surface area contributed by atoms with Crippen LogP contribution in [-0.2, 0) is 0 Å². The number of hydrogen-bond acceptors (Lipinski definition) is 5. The lowest BCUT2D eigenvalue weighted by Gasteiger charge is -2.31. The summed E-state index contributed by atoms with van der Waals surface area (Å²) in [4.78, 5) is 15.4. The molecule has 3 aromatic rings. The molecule has 2 heterocycles. The van der Waals surface area contributed by atoms with Crippen molar-refractivity contribution in [1.82, 2.24) is 15.1 Å². The number of halogens is 3. The Bertz CT molecular complexity index is 1190. The maximum Gasteiger partial charge on any atom is 0.316 e. The number of alkyl halides is 2. The lowest BCUT2D eigenvalue weighted by Crippen LogP contribution is -2.44. The molecule has 1 aliphatic carbocycles. The van der Waals surface area contributed by atoms with Gasteiger partial charge in [0.25, 0.3) is 0 Å². The molecule has 33 heavy (non-hydrogen) atoms. The van der Waals surface area contributed by atoms with E-state index in [0.29, 0.717) is 37.4 Å². The topological polar surface area (TPSA) is 59.4 Å². The number of aryl methyl sites for hydroxylation is 1. The van der Waals surface area contributed by atoms with Crippen LogP contribution in [-0.4, -0.2) is 42.1 Å².